The lowest BCUT2D eigenvalue weighted by Gasteiger charge is -1.96. The van der Waals surface area contributed by atoms with Gasteiger partial charge in [-0.15, -0.1) is 12.4 Å². The van der Waals surface area contributed by atoms with Gasteiger partial charge in [0, 0.05) is 6.42 Å². The van der Waals surface area contributed by atoms with Gasteiger partial charge in [-0.2, -0.15) is 4.99 Å². The molecule has 0 unspecified atom stereocenters. The molecule has 6 nitrogen and oxygen atoms in total. The van der Waals surface area contributed by atoms with E-state index in [9.17, 15) is 0 Å². The molecule has 0 aromatic rings. The molecule has 1 rings (SSSR count). The minimum Gasteiger partial charge on any atom is -0.387 e. The van der Waals surface area contributed by atoms with Crippen molar-refractivity contribution < 1.29 is 0 Å². The lowest BCUT2D eigenvalue weighted by molar-refractivity contribution is 0.703. The van der Waals surface area contributed by atoms with Crippen molar-refractivity contribution in [3.8, 4) is 0 Å². The van der Waals surface area contributed by atoms with Crippen molar-refractivity contribution in [1.82, 2.24) is 5.12 Å². The zero-order valence-corrected chi connectivity index (χ0v) is 7.51. The highest BCUT2D eigenvalue weighted by Gasteiger charge is 2.16. The van der Waals surface area contributed by atoms with Crippen LogP contribution in [0.5, 0.6) is 0 Å². The largest absolute Gasteiger partial charge is 0.387 e. The maximum Gasteiger partial charge on any atom is 0.266 e. The van der Waals surface area contributed by atoms with E-state index in [0.717, 1.165) is 11.5 Å². The monoisotopic (exact) mass is 190 g/mol. The van der Waals surface area contributed by atoms with Crippen molar-refractivity contribution in [2.45, 2.75) is 19.8 Å². The summed E-state index contributed by atoms with van der Waals surface area (Å²) in [5.41, 5.74) is 5.45. The van der Waals surface area contributed by atoms with Gasteiger partial charge in [0.1, 0.15) is 5.84 Å². The average Bonchev–Trinajstić information content (AvgIpc) is 2.67. The van der Waals surface area contributed by atoms with E-state index in [2.05, 4.69) is 15.4 Å². The van der Waals surface area contributed by atoms with Crippen molar-refractivity contribution in [2.24, 2.45) is 21.2 Å². The smallest absolute Gasteiger partial charge is 0.266 e. The molecule has 0 radical (unpaired) electrons. The first kappa shape index (κ1) is 10.8. The molecule has 68 valence electrons. The summed E-state index contributed by atoms with van der Waals surface area (Å²) in [4.78, 5) is 3.74. The molecule has 3 N–H and O–H groups in total. The van der Waals surface area contributed by atoms with Crippen molar-refractivity contribution in [1.29, 1.82) is 5.41 Å². The molecule has 0 bridgehead atoms. The number of rotatable bonds is 2. The molecule has 0 saturated heterocycles. The van der Waals surface area contributed by atoms with Crippen LogP contribution in [0.1, 0.15) is 19.8 Å². The topological polar surface area (TPSA) is 90.0 Å². The quantitative estimate of drug-likeness (QED) is 0.504. The number of nitrogens with one attached hydrogen (secondary N) is 1. The molecule has 0 aliphatic carbocycles. The van der Waals surface area contributed by atoms with E-state index in [1.807, 2.05) is 6.92 Å². The number of halogens is 1. The predicted molar refractivity (Wildman–Crippen MR) is 48.2 cm³/mol. The third-order valence-corrected chi connectivity index (χ3v) is 1.12. The van der Waals surface area contributed by atoms with Crippen molar-refractivity contribution >= 4 is 24.2 Å². The summed E-state index contributed by atoms with van der Waals surface area (Å²) in [6.45, 7) is 2.00. The van der Waals surface area contributed by atoms with E-state index >= 15 is 0 Å². The summed E-state index contributed by atoms with van der Waals surface area (Å²) < 4.78 is 0. The van der Waals surface area contributed by atoms with Crippen molar-refractivity contribution in [3.05, 3.63) is 0 Å². The summed E-state index contributed by atoms with van der Waals surface area (Å²) in [5, 5.41) is 15.1. The first-order chi connectivity index (χ1) is 5.24. The molecule has 0 saturated carbocycles. The predicted octanol–water partition coefficient (Wildman–Crippen LogP) is 1.10. The van der Waals surface area contributed by atoms with Crippen LogP contribution in [0.2, 0.25) is 0 Å². The minimum atomic E-state index is -0.0176. The van der Waals surface area contributed by atoms with Gasteiger partial charge in [-0.25, -0.2) is 0 Å². The lowest BCUT2D eigenvalue weighted by Crippen LogP contribution is -2.16. The highest BCUT2D eigenvalue weighted by Crippen LogP contribution is 2.08. The Morgan fingerprint density at radius 3 is 2.58 bits per heavy atom. The Kier molecular flexibility index (Phi) is 4.20. The number of nitrogens with two attached hydrogens (primary N) is 1. The Labute approximate surface area is 76.4 Å². The summed E-state index contributed by atoms with van der Waals surface area (Å²) in [7, 11) is 0. The fourth-order valence-corrected chi connectivity index (χ4v) is 0.598. The molecular formula is C5H11ClN6. The Morgan fingerprint density at radius 2 is 2.17 bits per heavy atom. The number of hydrogen-bond donors (Lipinski definition) is 2. The van der Waals surface area contributed by atoms with Gasteiger partial charge < -0.3 is 5.73 Å². The van der Waals surface area contributed by atoms with Crippen molar-refractivity contribution in [2.75, 3.05) is 0 Å². The Hall–Kier alpha value is -1.17. The zero-order valence-electron chi connectivity index (χ0n) is 6.69. The molecule has 7 heteroatoms. The Morgan fingerprint density at radius 1 is 1.58 bits per heavy atom. The number of hydrogen-bond acceptors (Lipinski definition) is 3. The first-order valence-corrected chi connectivity index (χ1v) is 3.37. The first-order valence-electron chi connectivity index (χ1n) is 3.37. The summed E-state index contributed by atoms with van der Waals surface area (Å²) in [5.74, 6) is 0.436. The maximum atomic E-state index is 7.19. The van der Waals surface area contributed by atoms with Gasteiger partial charge in [-0.05, 0) is 16.9 Å². The van der Waals surface area contributed by atoms with Crippen LogP contribution < -0.4 is 5.73 Å². The summed E-state index contributed by atoms with van der Waals surface area (Å²) >= 11 is 0. The Bertz CT molecular complexity index is 216. The molecule has 1 aliphatic heterocycles. The van der Waals surface area contributed by atoms with Gasteiger partial charge in [0.15, 0.2) is 0 Å². The number of nitrogens with zero attached hydrogens (tertiary/aromatic N) is 4. The fraction of sp³-hybridized carbons (Fsp3) is 0.600. The molecule has 0 amide bonds. The van der Waals surface area contributed by atoms with E-state index in [0.29, 0.717) is 12.3 Å². The van der Waals surface area contributed by atoms with Gasteiger partial charge in [-0.3, -0.25) is 5.41 Å². The summed E-state index contributed by atoms with van der Waals surface area (Å²) in [6, 6.07) is 0. The third kappa shape index (κ3) is 3.29. The second-order valence-corrected chi connectivity index (χ2v) is 2.15. The van der Waals surface area contributed by atoms with Gasteiger partial charge >= 0.3 is 0 Å². The van der Waals surface area contributed by atoms with E-state index in [4.69, 9.17) is 11.1 Å². The fourth-order valence-electron chi connectivity index (χ4n) is 0.598. The third-order valence-electron chi connectivity index (χ3n) is 1.12. The highest BCUT2D eigenvalue weighted by molar-refractivity contribution is 5.93. The van der Waals surface area contributed by atoms with Crippen LogP contribution >= 0.6 is 12.4 Å². The molecule has 0 aromatic carbocycles. The molecule has 1 heterocycles. The van der Waals surface area contributed by atoms with E-state index in [1.165, 1.54) is 0 Å². The van der Waals surface area contributed by atoms with Crippen LogP contribution in [-0.2, 0) is 0 Å². The molecule has 0 aromatic heterocycles. The zero-order chi connectivity index (χ0) is 8.27. The normalized spacial score (nSPS) is 14.1. The van der Waals surface area contributed by atoms with Crippen LogP contribution in [-0.4, -0.2) is 16.9 Å². The van der Waals surface area contributed by atoms with Crippen LogP contribution in [0.15, 0.2) is 15.4 Å². The van der Waals surface area contributed by atoms with Gasteiger partial charge in [0.25, 0.3) is 5.96 Å². The number of amidine groups is 1. The van der Waals surface area contributed by atoms with E-state index in [-0.39, 0.29) is 18.4 Å². The summed E-state index contributed by atoms with van der Waals surface area (Å²) in [6.07, 6.45) is 1.63. The van der Waals surface area contributed by atoms with E-state index in [1.54, 1.807) is 0 Å². The highest BCUT2D eigenvalue weighted by atomic mass is 35.5. The minimum absolute atomic E-state index is 0. The van der Waals surface area contributed by atoms with Gasteiger partial charge in [0.05, 0.1) is 0 Å². The van der Waals surface area contributed by atoms with E-state index < -0.39 is 0 Å². The van der Waals surface area contributed by atoms with Crippen molar-refractivity contribution in [3.63, 3.8) is 0 Å². The molecule has 12 heavy (non-hydrogen) atoms. The molecule has 0 spiro atoms. The molecule has 1 aliphatic rings. The molecular weight excluding hydrogens is 180 g/mol. The van der Waals surface area contributed by atoms with Gasteiger partial charge in [0.2, 0.25) is 0 Å². The van der Waals surface area contributed by atoms with Crippen LogP contribution in [0, 0.1) is 5.41 Å². The number of guanidine groups is 1. The van der Waals surface area contributed by atoms with Crippen LogP contribution in [0.3, 0.4) is 0 Å². The lowest BCUT2D eigenvalue weighted by atomic mass is 10.3. The standard InChI is InChI=1S/C5H10N6.ClH/c1-2-3-4(6)8-5(7)11-9-10-11;/h2-3H2,1H3,(H3,6,7,8);1H. The van der Waals surface area contributed by atoms with Crippen LogP contribution in [0.4, 0.5) is 0 Å². The average molecular weight is 191 g/mol. The Balaban J connectivity index is 0.00000121. The molecule has 0 atom stereocenters. The second kappa shape index (κ2) is 4.66. The van der Waals surface area contributed by atoms with Gasteiger partial charge in [-0.1, -0.05) is 12.0 Å². The number of aliphatic imine (C=N–C) groups is 1. The molecule has 0 fully saturated rings. The maximum absolute atomic E-state index is 7.19. The second-order valence-electron chi connectivity index (χ2n) is 2.15. The SMILES string of the molecule is CCC/C(N)=N/C(=N)N1N=N1.Cl. The van der Waals surface area contributed by atoms with Crippen LogP contribution in [0.25, 0.3) is 0 Å².